The molecule has 2 unspecified atom stereocenters. The standard InChI is InChI=1S/C29H24Cl2N2O8S/c1-42(38,39)17-4-2-3-14(9-17)10-21(28(36)37)32-26(34)23-20(30)11-16-13-33(8-7-18(16)24(23)31)27(35)15-5-6-19-22(12-15)40-29-25(19)41-29/h2-6,9,11-12,21,25,29H,7-8,10,13H2,1H3,(H,32,34)(H,36,37)/t21-,25?,29?/m0/s1. The van der Waals surface area contributed by atoms with Crippen molar-refractivity contribution >= 4 is 50.8 Å². The monoisotopic (exact) mass is 630 g/mol. The second kappa shape index (κ2) is 10.6. The van der Waals surface area contributed by atoms with E-state index in [1.165, 1.54) is 18.2 Å². The molecule has 218 valence electrons. The number of fused-ring (bicyclic) bond motifs is 4. The number of sulfone groups is 1. The molecular weight excluding hydrogens is 607 g/mol. The zero-order chi connectivity index (χ0) is 29.9. The first-order valence-electron chi connectivity index (χ1n) is 13.0. The number of hydrogen-bond acceptors (Lipinski definition) is 7. The Labute approximate surface area is 251 Å². The molecule has 1 saturated heterocycles. The molecule has 0 bridgehead atoms. The van der Waals surface area contributed by atoms with Gasteiger partial charge in [-0.3, -0.25) is 9.59 Å². The normalized spacial score (nSPS) is 19.2. The summed E-state index contributed by atoms with van der Waals surface area (Å²) in [6, 6.07) is 11.4. The van der Waals surface area contributed by atoms with Crippen molar-refractivity contribution in [2.75, 3.05) is 12.8 Å². The summed E-state index contributed by atoms with van der Waals surface area (Å²) in [4.78, 5) is 40.2. The molecule has 0 radical (unpaired) electrons. The van der Waals surface area contributed by atoms with Gasteiger partial charge < -0.3 is 24.8 Å². The number of ether oxygens (including phenoxy) is 2. The van der Waals surface area contributed by atoms with Gasteiger partial charge in [0.2, 0.25) is 6.29 Å². The van der Waals surface area contributed by atoms with Gasteiger partial charge in [-0.25, -0.2) is 13.2 Å². The molecule has 3 heterocycles. The number of carboxylic acid groups (broad SMARTS) is 1. The van der Waals surface area contributed by atoms with E-state index in [1.54, 1.807) is 29.2 Å². The number of carboxylic acids is 1. The van der Waals surface area contributed by atoms with Crippen molar-refractivity contribution in [1.82, 2.24) is 10.2 Å². The number of nitrogens with zero attached hydrogens (tertiary/aromatic N) is 1. The van der Waals surface area contributed by atoms with Crippen molar-refractivity contribution in [2.45, 2.75) is 42.7 Å². The molecule has 6 rings (SSSR count). The largest absolute Gasteiger partial charge is 0.480 e. The smallest absolute Gasteiger partial charge is 0.326 e. The van der Waals surface area contributed by atoms with Crippen LogP contribution in [0.15, 0.2) is 53.4 Å². The number of epoxide rings is 1. The number of rotatable bonds is 7. The second-order valence-electron chi connectivity index (χ2n) is 10.4. The summed E-state index contributed by atoms with van der Waals surface area (Å²) in [5.74, 6) is -1.64. The molecule has 3 aliphatic heterocycles. The third-order valence-corrected chi connectivity index (χ3v) is 9.38. The van der Waals surface area contributed by atoms with Gasteiger partial charge in [-0.1, -0.05) is 41.4 Å². The van der Waals surface area contributed by atoms with E-state index in [2.05, 4.69) is 5.32 Å². The van der Waals surface area contributed by atoms with Crippen molar-refractivity contribution in [3.8, 4) is 5.75 Å². The molecule has 0 saturated carbocycles. The number of amides is 2. The lowest BCUT2D eigenvalue weighted by molar-refractivity contribution is -0.139. The molecular formula is C29H24Cl2N2O8S. The molecule has 0 aromatic heterocycles. The number of nitrogens with one attached hydrogen (secondary N) is 1. The molecule has 3 aromatic carbocycles. The van der Waals surface area contributed by atoms with Crippen LogP contribution < -0.4 is 10.1 Å². The van der Waals surface area contributed by atoms with E-state index in [-0.39, 0.29) is 51.8 Å². The van der Waals surface area contributed by atoms with Crippen LogP contribution in [-0.2, 0) is 38.8 Å². The van der Waals surface area contributed by atoms with E-state index in [0.29, 0.717) is 41.0 Å². The highest BCUT2D eigenvalue weighted by Crippen LogP contribution is 2.50. The highest BCUT2D eigenvalue weighted by Gasteiger charge is 2.50. The molecule has 13 heteroatoms. The maximum absolute atomic E-state index is 13.3. The highest BCUT2D eigenvalue weighted by atomic mass is 35.5. The summed E-state index contributed by atoms with van der Waals surface area (Å²) in [5.41, 5.74) is 3.09. The molecule has 2 N–H and O–H groups in total. The predicted molar refractivity (Wildman–Crippen MR) is 152 cm³/mol. The van der Waals surface area contributed by atoms with Gasteiger partial charge in [-0.2, -0.15) is 0 Å². The Morgan fingerprint density at radius 1 is 1.14 bits per heavy atom. The van der Waals surface area contributed by atoms with E-state index >= 15 is 0 Å². The highest BCUT2D eigenvalue weighted by molar-refractivity contribution is 7.90. The third kappa shape index (κ3) is 5.33. The zero-order valence-electron chi connectivity index (χ0n) is 22.1. The number of benzene rings is 3. The van der Waals surface area contributed by atoms with Gasteiger partial charge in [0.05, 0.1) is 20.5 Å². The van der Waals surface area contributed by atoms with Crippen molar-refractivity contribution in [1.29, 1.82) is 0 Å². The Bertz CT molecular complexity index is 1780. The molecule has 42 heavy (non-hydrogen) atoms. The average Bonchev–Trinajstić information content (AvgIpc) is 3.61. The summed E-state index contributed by atoms with van der Waals surface area (Å²) in [5, 5.41) is 12.3. The van der Waals surface area contributed by atoms with Gasteiger partial charge in [0.25, 0.3) is 11.8 Å². The van der Waals surface area contributed by atoms with E-state index in [0.717, 1.165) is 11.8 Å². The third-order valence-electron chi connectivity index (χ3n) is 7.55. The quantitative estimate of drug-likeness (QED) is 0.375. The van der Waals surface area contributed by atoms with Crippen LogP contribution in [0.1, 0.15) is 49.1 Å². The fourth-order valence-electron chi connectivity index (χ4n) is 5.32. The average molecular weight is 631 g/mol. The van der Waals surface area contributed by atoms with Crippen molar-refractivity contribution in [3.63, 3.8) is 0 Å². The van der Waals surface area contributed by atoms with Crippen LogP contribution in [-0.4, -0.2) is 61.3 Å². The minimum absolute atomic E-state index is 0.0129. The maximum Gasteiger partial charge on any atom is 0.326 e. The molecule has 2 amide bonds. The van der Waals surface area contributed by atoms with Gasteiger partial charge in [-0.15, -0.1) is 0 Å². The Hall–Kier alpha value is -3.64. The van der Waals surface area contributed by atoms with Crippen molar-refractivity contribution in [3.05, 3.63) is 92.0 Å². The van der Waals surface area contributed by atoms with Crippen LogP contribution in [0.25, 0.3) is 0 Å². The zero-order valence-corrected chi connectivity index (χ0v) is 24.4. The van der Waals surface area contributed by atoms with Crippen LogP contribution in [0.3, 0.4) is 0 Å². The second-order valence-corrected chi connectivity index (χ2v) is 13.2. The topological polar surface area (TPSA) is 143 Å². The van der Waals surface area contributed by atoms with Gasteiger partial charge >= 0.3 is 5.97 Å². The van der Waals surface area contributed by atoms with Crippen molar-refractivity contribution in [2.24, 2.45) is 0 Å². The van der Waals surface area contributed by atoms with E-state index in [1.807, 2.05) is 6.07 Å². The molecule has 3 atom stereocenters. The molecule has 3 aromatic rings. The first-order chi connectivity index (χ1) is 19.9. The lowest BCUT2D eigenvalue weighted by atomic mass is 9.95. The fraction of sp³-hybridized carbons (Fsp3) is 0.276. The van der Waals surface area contributed by atoms with Gasteiger partial charge in [0.1, 0.15) is 11.8 Å². The maximum atomic E-state index is 13.3. The Morgan fingerprint density at radius 2 is 1.93 bits per heavy atom. The lowest BCUT2D eigenvalue weighted by Gasteiger charge is -2.30. The first-order valence-corrected chi connectivity index (χ1v) is 15.6. The summed E-state index contributed by atoms with van der Waals surface area (Å²) in [6.07, 6.45) is 0.928. The SMILES string of the molecule is CS(=O)(=O)c1cccc(C[C@H](NC(=O)c2c(Cl)cc3c(c2Cl)CCN(C(=O)c2ccc4c(c2)OC2OC42)C3)C(=O)O)c1. The molecule has 10 nitrogen and oxygen atoms in total. The number of carbonyl (C=O) groups excluding carboxylic acids is 2. The summed E-state index contributed by atoms with van der Waals surface area (Å²) >= 11 is 13.1. The lowest BCUT2D eigenvalue weighted by Crippen LogP contribution is -2.42. The number of hydrogen-bond donors (Lipinski definition) is 2. The predicted octanol–water partition coefficient (Wildman–Crippen LogP) is 3.81. The minimum atomic E-state index is -3.50. The Kier molecular flexibility index (Phi) is 7.17. The van der Waals surface area contributed by atoms with Crippen LogP contribution in [0.4, 0.5) is 0 Å². The summed E-state index contributed by atoms with van der Waals surface area (Å²) in [7, 11) is -3.50. The molecule has 1 fully saturated rings. The van der Waals surface area contributed by atoms with Gasteiger partial charge in [0.15, 0.2) is 15.9 Å². The molecule has 0 aliphatic carbocycles. The van der Waals surface area contributed by atoms with E-state index in [9.17, 15) is 27.9 Å². The number of halogens is 2. The van der Waals surface area contributed by atoms with Crippen LogP contribution in [0, 0.1) is 0 Å². The minimum Gasteiger partial charge on any atom is -0.480 e. The summed E-state index contributed by atoms with van der Waals surface area (Å²) < 4.78 is 34.8. The molecule has 3 aliphatic rings. The fourth-order valence-corrected chi connectivity index (χ4v) is 6.78. The first kappa shape index (κ1) is 28.5. The van der Waals surface area contributed by atoms with Gasteiger partial charge in [0, 0.05) is 36.9 Å². The summed E-state index contributed by atoms with van der Waals surface area (Å²) in [6.45, 7) is 0.561. The Balaban J connectivity index is 1.19. The van der Waals surface area contributed by atoms with Crippen molar-refractivity contribution < 1.29 is 37.4 Å². The van der Waals surface area contributed by atoms with E-state index < -0.39 is 27.8 Å². The van der Waals surface area contributed by atoms with Crippen LogP contribution >= 0.6 is 23.2 Å². The Morgan fingerprint density at radius 3 is 2.67 bits per heavy atom. The number of aliphatic carboxylic acids is 1. The van der Waals surface area contributed by atoms with Gasteiger partial charge in [-0.05, 0) is 53.4 Å². The van der Waals surface area contributed by atoms with Crippen LogP contribution in [0.2, 0.25) is 10.0 Å². The number of carbonyl (C=O) groups is 3. The van der Waals surface area contributed by atoms with Crippen LogP contribution in [0.5, 0.6) is 5.75 Å². The molecule has 0 spiro atoms. The van der Waals surface area contributed by atoms with E-state index in [4.69, 9.17) is 32.7 Å².